The first-order valence-electron chi connectivity index (χ1n) is 9.91. The Morgan fingerprint density at radius 3 is 2.28 bits per heavy atom. The lowest BCUT2D eigenvalue weighted by atomic mass is 10.1. The highest BCUT2D eigenvalue weighted by Crippen LogP contribution is 2.11. The normalized spacial score (nSPS) is 14.9. The predicted octanol–water partition coefficient (Wildman–Crippen LogP) is 2.34. The monoisotopic (exact) mass is 407 g/mol. The summed E-state index contributed by atoms with van der Waals surface area (Å²) in [5, 5.41) is 2.58. The largest absolute Gasteiger partial charge is 0.444 e. The van der Waals surface area contributed by atoms with Gasteiger partial charge in [-0.2, -0.15) is 0 Å². The number of hydrogen-bond acceptors (Lipinski definition) is 4. The molecule has 1 aromatic rings. The molecule has 1 N–H and O–H groups in total. The SMILES string of the molecule is CC(C)(C)OC(=O)NCCC(=O)N1CCCN(C(=O)Cc2ccccc2F)CC1. The maximum Gasteiger partial charge on any atom is 0.407 e. The minimum atomic E-state index is -0.586. The van der Waals surface area contributed by atoms with Gasteiger partial charge in [0.2, 0.25) is 11.8 Å². The number of nitrogens with one attached hydrogen (secondary N) is 1. The molecule has 7 nitrogen and oxygen atoms in total. The Balaban J connectivity index is 1.77. The van der Waals surface area contributed by atoms with E-state index in [4.69, 9.17) is 4.74 Å². The zero-order valence-corrected chi connectivity index (χ0v) is 17.4. The van der Waals surface area contributed by atoms with E-state index in [9.17, 15) is 18.8 Å². The first-order valence-corrected chi connectivity index (χ1v) is 9.91. The summed E-state index contributed by atoms with van der Waals surface area (Å²) in [4.78, 5) is 39.9. The molecular formula is C21H30FN3O4. The molecule has 8 heteroatoms. The van der Waals surface area contributed by atoms with Crippen molar-refractivity contribution in [2.75, 3.05) is 32.7 Å². The second-order valence-corrected chi connectivity index (χ2v) is 8.06. The average molecular weight is 407 g/mol. The van der Waals surface area contributed by atoms with Crippen molar-refractivity contribution in [3.63, 3.8) is 0 Å². The fourth-order valence-corrected chi connectivity index (χ4v) is 3.08. The molecule has 2 rings (SSSR count). The Morgan fingerprint density at radius 1 is 1.03 bits per heavy atom. The minimum absolute atomic E-state index is 0.0143. The lowest BCUT2D eigenvalue weighted by Gasteiger charge is -2.23. The van der Waals surface area contributed by atoms with E-state index in [-0.39, 0.29) is 37.0 Å². The van der Waals surface area contributed by atoms with Crippen LogP contribution in [-0.2, 0) is 20.7 Å². The van der Waals surface area contributed by atoms with Crippen molar-refractivity contribution < 1.29 is 23.5 Å². The molecule has 1 aromatic carbocycles. The molecule has 1 heterocycles. The van der Waals surface area contributed by atoms with E-state index in [1.165, 1.54) is 6.07 Å². The summed E-state index contributed by atoms with van der Waals surface area (Å²) in [6.45, 7) is 7.44. The van der Waals surface area contributed by atoms with E-state index in [0.717, 1.165) is 0 Å². The van der Waals surface area contributed by atoms with Gasteiger partial charge in [0, 0.05) is 39.1 Å². The van der Waals surface area contributed by atoms with Gasteiger partial charge in [0.1, 0.15) is 11.4 Å². The molecule has 1 aliphatic heterocycles. The van der Waals surface area contributed by atoms with Crippen molar-refractivity contribution in [3.8, 4) is 0 Å². The van der Waals surface area contributed by atoms with Crippen molar-refractivity contribution in [3.05, 3.63) is 35.6 Å². The van der Waals surface area contributed by atoms with Crippen LogP contribution in [0.3, 0.4) is 0 Å². The van der Waals surface area contributed by atoms with E-state index in [1.54, 1.807) is 48.8 Å². The Morgan fingerprint density at radius 2 is 1.66 bits per heavy atom. The summed E-state index contributed by atoms with van der Waals surface area (Å²) >= 11 is 0. The number of alkyl carbamates (subject to hydrolysis) is 1. The topological polar surface area (TPSA) is 79.0 Å². The minimum Gasteiger partial charge on any atom is -0.444 e. The Hall–Kier alpha value is -2.64. The van der Waals surface area contributed by atoms with Crippen LogP contribution in [0.25, 0.3) is 0 Å². The molecular weight excluding hydrogens is 377 g/mol. The zero-order valence-electron chi connectivity index (χ0n) is 17.4. The standard InChI is InChI=1S/C21H30FN3O4/c1-21(2,3)29-20(28)23-10-9-18(26)24-11-6-12-25(14-13-24)19(27)15-16-7-4-5-8-17(16)22/h4-5,7-8H,6,9-15H2,1-3H3,(H,23,28). The van der Waals surface area contributed by atoms with E-state index in [1.807, 2.05) is 0 Å². The molecule has 0 aliphatic carbocycles. The van der Waals surface area contributed by atoms with Crippen molar-refractivity contribution in [1.82, 2.24) is 15.1 Å². The van der Waals surface area contributed by atoms with Crippen LogP contribution in [0.4, 0.5) is 9.18 Å². The number of carbonyl (C=O) groups is 3. The van der Waals surface area contributed by atoms with E-state index in [0.29, 0.717) is 38.2 Å². The molecule has 29 heavy (non-hydrogen) atoms. The zero-order chi connectivity index (χ0) is 21.4. The fraction of sp³-hybridized carbons (Fsp3) is 0.571. The summed E-state index contributed by atoms with van der Waals surface area (Å²) in [5.74, 6) is -0.606. The van der Waals surface area contributed by atoms with Gasteiger partial charge in [-0.1, -0.05) is 18.2 Å². The fourth-order valence-electron chi connectivity index (χ4n) is 3.08. The molecule has 160 valence electrons. The molecule has 1 fully saturated rings. The highest BCUT2D eigenvalue weighted by molar-refractivity contribution is 5.79. The van der Waals surface area contributed by atoms with E-state index < -0.39 is 11.7 Å². The third-order valence-electron chi connectivity index (χ3n) is 4.51. The van der Waals surface area contributed by atoms with Crippen molar-refractivity contribution >= 4 is 17.9 Å². The first-order chi connectivity index (χ1) is 13.7. The number of ether oxygens (including phenoxy) is 1. The molecule has 0 saturated carbocycles. The average Bonchev–Trinajstić information content (AvgIpc) is 2.88. The number of nitrogens with zero attached hydrogens (tertiary/aromatic N) is 2. The molecule has 0 unspecified atom stereocenters. The Kier molecular flexibility index (Phi) is 7.99. The predicted molar refractivity (Wildman–Crippen MR) is 107 cm³/mol. The van der Waals surface area contributed by atoms with Gasteiger partial charge in [-0.05, 0) is 38.8 Å². The van der Waals surface area contributed by atoms with Gasteiger partial charge in [-0.3, -0.25) is 9.59 Å². The van der Waals surface area contributed by atoms with Crippen LogP contribution in [-0.4, -0.2) is 66.0 Å². The maximum atomic E-state index is 13.8. The van der Waals surface area contributed by atoms with Crippen LogP contribution in [0.5, 0.6) is 0 Å². The van der Waals surface area contributed by atoms with Gasteiger partial charge in [-0.25, -0.2) is 9.18 Å². The second-order valence-electron chi connectivity index (χ2n) is 8.06. The van der Waals surface area contributed by atoms with Crippen LogP contribution in [0.15, 0.2) is 24.3 Å². The van der Waals surface area contributed by atoms with Crippen molar-refractivity contribution in [2.24, 2.45) is 0 Å². The molecule has 0 spiro atoms. The summed E-state index contributed by atoms with van der Waals surface area (Å²) in [6, 6.07) is 6.26. The molecule has 1 aliphatic rings. The molecule has 1 saturated heterocycles. The molecule has 3 amide bonds. The lowest BCUT2D eigenvalue weighted by molar-refractivity contribution is -0.133. The first kappa shape index (κ1) is 22.6. The number of rotatable bonds is 5. The second kappa shape index (κ2) is 10.2. The highest BCUT2D eigenvalue weighted by atomic mass is 19.1. The third kappa shape index (κ3) is 7.71. The number of amides is 3. The lowest BCUT2D eigenvalue weighted by Crippen LogP contribution is -2.39. The number of carbonyl (C=O) groups excluding carboxylic acids is 3. The summed E-state index contributed by atoms with van der Waals surface area (Å²) in [5.41, 5.74) is -0.208. The number of hydrogen-bond donors (Lipinski definition) is 1. The highest BCUT2D eigenvalue weighted by Gasteiger charge is 2.23. The van der Waals surface area contributed by atoms with Gasteiger partial charge >= 0.3 is 6.09 Å². The molecule has 0 bridgehead atoms. The van der Waals surface area contributed by atoms with Crippen LogP contribution >= 0.6 is 0 Å². The molecule has 0 radical (unpaired) electrons. The summed E-state index contributed by atoms with van der Waals surface area (Å²) in [7, 11) is 0. The Labute approximate surface area is 171 Å². The van der Waals surface area contributed by atoms with Gasteiger partial charge in [0.25, 0.3) is 0 Å². The Bertz CT molecular complexity index is 733. The quantitative estimate of drug-likeness (QED) is 0.813. The van der Waals surface area contributed by atoms with Crippen LogP contribution in [0, 0.1) is 5.82 Å². The van der Waals surface area contributed by atoms with Gasteiger partial charge < -0.3 is 19.9 Å². The summed E-state index contributed by atoms with van der Waals surface area (Å²) < 4.78 is 18.9. The third-order valence-corrected chi connectivity index (χ3v) is 4.51. The molecule has 0 aromatic heterocycles. The van der Waals surface area contributed by atoms with Crippen LogP contribution < -0.4 is 5.32 Å². The van der Waals surface area contributed by atoms with E-state index >= 15 is 0 Å². The maximum absolute atomic E-state index is 13.8. The van der Waals surface area contributed by atoms with Crippen molar-refractivity contribution in [1.29, 1.82) is 0 Å². The van der Waals surface area contributed by atoms with Gasteiger partial charge in [-0.15, -0.1) is 0 Å². The van der Waals surface area contributed by atoms with Gasteiger partial charge in [0.15, 0.2) is 0 Å². The van der Waals surface area contributed by atoms with Crippen LogP contribution in [0.1, 0.15) is 39.2 Å². The smallest absolute Gasteiger partial charge is 0.407 e. The van der Waals surface area contributed by atoms with Crippen molar-refractivity contribution in [2.45, 2.75) is 45.6 Å². The van der Waals surface area contributed by atoms with E-state index in [2.05, 4.69) is 5.32 Å². The molecule has 0 atom stereocenters. The number of benzene rings is 1. The number of halogens is 1. The van der Waals surface area contributed by atoms with Crippen LogP contribution in [0.2, 0.25) is 0 Å². The summed E-state index contributed by atoms with van der Waals surface area (Å²) in [6.07, 6.45) is 0.294. The van der Waals surface area contributed by atoms with Gasteiger partial charge in [0.05, 0.1) is 6.42 Å².